The third-order valence-corrected chi connectivity index (χ3v) is 27.7. The van der Waals surface area contributed by atoms with Gasteiger partial charge in [-0.15, -0.1) is 0 Å². The number of fused-ring (bicyclic) bond motifs is 2. The van der Waals surface area contributed by atoms with Gasteiger partial charge in [0.1, 0.15) is 0 Å². The average molecular weight is 1030 g/mol. The topological polar surface area (TPSA) is 27.7 Å². The molecule has 43 heavy (non-hydrogen) atoms. The molecule has 17 heteroatoms. The molecule has 0 N–H and O–H groups in total. The fourth-order valence-corrected chi connectivity index (χ4v) is 29.3. The van der Waals surface area contributed by atoms with E-state index in [9.17, 15) is 52.7 Å². The second-order valence-electron chi connectivity index (χ2n) is 12.1. The van der Waals surface area contributed by atoms with Gasteiger partial charge < -0.3 is 0 Å². The van der Waals surface area contributed by atoms with Crippen LogP contribution in [0.5, 0.6) is 0 Å². The van der Waals surface area contributed by atoms with Crippen LogP contribution in [0, 0.1) is 0 Å². The quantitative estimate of drug-likeness (QED) is 0.238. The van der Waals surface area contributed by atoms with Crippen LogP contribution in [0.15, 0.2) is 36.4 Å². The van der Waals surface area contributed by atoms with Gasteiger partial charge in [-0.25, -0.2) is 0 Å². The summed E-state index contributed by atoms with van der Waals surface area (Å²) >= 11 is -10.9. The molecule has 2 aromatic rings. The van der Waals surface area contributed by atoms with E-state index in [2.05, 4.69) is 0 Å². The van der Waals surface area contributed by atoms with Crippen molar-refractivity contribution < 1.29 is 59.2 Å². The van der Waals surface area contributed by atoms with Gasteiger partial charge >= 0.3 is 258 Å². The van der Waals surface area contributed by atoms with Crippen LogP contribution in [-0.4, -0.2) is 70.0 Å². The van der Waals surface area contributed by atoms with Gasteiger partial charge in [-0.05, 0) is 0 Å². The van der Waals surface area contributed by atoms with E-state index in [0.717, 1.165) is 24.3 Å². The van der Waals surface area contributed by atoms with E-state index in [0.29, 0.717) is 12.1 Å². The van der Waals surface area contributed by atoms with Crippen LogP contribution in [0.1, 0.15) is 63.8 Å². The fourth-order valence-electron chi connectivity index (χ4n) is 4.67. The molecule has 2 heterocycles. The zero-order chi connectivity index (χ0) is 33.0. The average Bonchev–Trinajstić information content (AvgIpc) is 3.31. The summed E-state index contributed by atoms with van der Waals surface area (Å²) in [5, 5.41) is 0. The molecule has 2 aliphatic rings. The molecule has 0 unspecified atom stereocenters. The summed E-state index contributed by atoms with van der Waals surface area (Å²) < 4.78 is 185. The molecule has 3 nitrogen and oxygen atoms in total. The van der Waals surface area contributed by atoms with Crippen molar-refractivity contribution in [3.63, 3.8) is 0 Å². The van der Waals surface area contributed by atoms with Crippen LogP contribution < -0.4 is 6.54 Å². The van der Waals surface area contributed by atoms with Gasteiger partial charge in [0.25, 0.3) is 0 Å². The first-order valence-electron chi connectivity index (χ1n) is 12.3. The van der Waals surface area contributed by atoms with Gasteiger partial charge in [0.2, 0.25) is 0 Å². The molecular weight excluding hydrogens is 1010 g/mol. The maximum absolute atomic E-state index is 14.3. The Balaban J connectivity index is 1.96. The number of benzene rings is 2. The van der Waals surface area contributed by atoms with E-state index in [4.69, 9.17) is 6.52 Å². The first kappa shape index (κ1) is 35.1. The Labute approximate surface area is 256 Å². The molecule has 0 fully saturated rings. The maximum atomic E-state index is 14.3. The Kier molecular flexibility index (Phi) is 8.47. The van der Waals surface area contributed by atoms with E-state index < -0.39 is 110 Å². The van der Waals surface area contributed by atoms with Gasteiger partial charge in [0.15, 0.2) is 0 Å². The Morgan fingerprint density at radius 3 is 1.02 bits per heavy atom. The summed E-state index contributed by atoms with van der Waals surface area (Å²) in [6.07, 6.45) is -24.4. The van der Waals surface area contributed by atoms with E-state index in [1.54, 1.807) is 41.5 Å². The summed E-state index contributed by atoms with van der Waals surface area (Å²) in [6.45, 7) is 9.67. The predicted molar refractivity (Wildman–Crippen MR) is 132 cm³/mol. The number of hydrogen-bond acceptors (Lipinski definition) is 3. The second kappa shape index (κ2) is 10.4. The summed E-state index contributed by atoms with van der Waals surface area (Å²) in [5.41, 5.74) is -13.6. The first-order valence-corrected chi connectivity index (χ1v) is 21.5. The molecule has 2 aromatic carbocycles. The van der Waals surface area contributed by atoms with Crippen LogP contribution in [0.4, 0.5) is 52.7 Å². The zero-order valence-electron chi connectivity index (χ0n) is 23.1. The van der Waals surface area contributed by atoms with E-state index >= 15 is 0 Å². The molecule has 0 radical (unpaired) electrons. The molecule has 240 valence electrons. The molecule has 0 atom stereocenters. The van der Waals surface area contributed by atoms with E-state index in [1.807, 2.05) is 0 Å². The minimum atomic E-state index is -6.10. The number of rotatable bonds is 2. The standard InChI is InChI=1S/2C13H12F6O.2Bi.O/c2*1-10(2,3)8-4-6-9(7-5-8)11(20,12(14,15)16)13(17,18)19;;;/h2*4-6H,1-3H3;;;/q2*-1;2*+1;. The Morgan fingerprint density at radius 2 is 0.791 bits per heavy atom. The normalized spacial score (nSPS) is 20.0. The molecule has 0 saturated heterocycles. The SMILES string of the molecule is CC(C)(C)c1ccc2[c](c1)[Bi]([O][Bi]1[O]C(C(F)(F)F)(C(F)(F)F)c3ccc(C(C)(C)C)c[c]31)[O]C2(C(F)(F)F)C(F)(F)F. The second-order valence-corrected chi connectivity index (χ2v) is 27.5. The first-order chi connectivity index (χ1) is 19.1. The summed E-state index contributed by atoms with van der Waals surface area (Å²) in [4.78, 5) is 0. The van der Waals surface area contributed by atoms with E-state index in [-0.39, 0.29) is 11.1 Å². The van der Waals surface area contributed by atoms with Gasteiger partial charge in [-0.1, -0.05) is 0 Å². The molecule has 4 rings (SSSR count). The zero-order valence-corrected chi connectivity index (χ0v) is 30.1. The van der Waals surface area contributed by atoms with Crippen LogP contribution in [0.2, 0.25) is 0 Å². The Bertz CT molecular complexity index is 1270. The number of hydrogen-bond donors (Lipinski definition) is 0. The Morgan fingerprint density at radius 1 is 0.512 bits per heavy atom. The number of alkyl halides is 12. The van der Waals surface area contributed by atoms with Crippen LogP contribution in [-0.2, 0) is 28.5 Å². The van der Waals surface area contributed by atoms with Crippen molar-refractivity contribution in [2.24, 2.45) is 0 Å². The van der Waals surface area contributed by atoms with Crippen molar-refractivity contribution in [2.45, 2.75) is 88.3 Å². The van der Waals surface area contributed by atoms with Crippen molar-refractivity contribution in [1.29, 1.82) is 0 Å². The molecule has 2 aliphatic heterocycles. The summed E-state index contributed by atoms with van der Waals surface area (Å²) in [7, 11) is 0. The Hall–Kier alpha value is -0.754. The van der Waals surface area contributed by atoms with Crippen molar-refractivity contribution in [1.82, 2.24) is 0 Å². The summed E-state index contributed by atoms with van der Waals surface area (Å²) in [6, 6.07) is 5.28. The fraction of sp³-hybridized carbons (Fsp3) is 0.538. The van der Waals surface area contributed by atoms with Crippen molar-refractivity contribution in [3.05, 3.63) is 58.7 Å². The summed E-state index contributed by atoms with van der Waals surface area (Å²) in [5.74, 6) is 0. The third kappa shape index (κ3) is 5.52. The van der Waals surface area contributed by atoms with Crippen LogP contribution in [0.3, 0.4) is 0 Å². The molecule has 0 amide bonds. The van der Waals surface area contributed by atoms with Gasteiger partial charge in [0.05, 0.1) is 0 Å². The van der Waals surface area contributed by atoms with Crippen molar-refractivity contribution in [2.75, 3.05) is 0 Å². The van der Waals surface area contributed by atoms with Crippen LogP contribution in [0.25, 0.3) is 0 Å². The van der Waals surface area contributed by atoms with Crippen LogP contribution >= 0.6 is 0 Å². The molecule has 0 saturated carbocycles. The predicted octanol–water partition coefficient (Wildman–Crippen LogP) is 7.09. The third-order valence-electron chi connectivity index (χ3n) is 7.06. The van der Waals surface area contributed by atoms with Gasteiger partial charge in [-0.2, -0.15) is 0 Å². The van der Waals surface area contributed by atoms with Gasteiger partial charge in [0, 0.05) is 0 Å². The molecule has 0 bridgehead atoms. The monoisotopic (exact) mass is 1030 g/mol. The molecule has 0 aromatic heterocycles. The van der Waals surface area contributed by atoms with Gasteiger partial charge in [-0.3, -0.25) is 0 Å². The molecular formula is C26H24Bi2F12O3. The van der Waals surface area contributed by atoms with Crippen molar-refractivity contribution >= 4 is 51.8 Å². The number of halogens is 12. The molecule has 0 spiro atoms. The molecule has 0 aliphatic carbocycles. The van der Waals surface area contributed by atoms with Crippen molar-refractivity contribution in [3.8, 4) is 0 Å². The minimum absolute atomic E-state index is 0.260. The van der Waals surface area contributed by atoms with E-state index in [1.165, 1.54) is 0 Å².